The summed E-state index contributed by atoms with van der Waals surface area (Å²) in [4.78, 5) is 16.0. The third kappa shape index (κ3) is 2.78. The Morgan fingerprint density at radius 3 is 2.88 bits per heavy atom. The van der Waals surface area contributed by atoms with Gasteiger partial charge < -0.3 is 15.0 Å². The summed E-state index contributed by atoms with van der Waals surface area (Å²) in [6.45, 7) is 6.88. The molecule has 2 heterocycles. The average molecular weight is 334 g/mol. The molecule has 1 aromatic heterocycles. The van der Waals surface area contributed by atoms with Crippen LogP contribution in [0.5, 0.6) is 5.75 Å². The number of rotatable bonds is 3. The summed E-state index contributed by atoms with van der Waals surface area (Å²) in [6.07, 6.45) is 0.937. The van der Waals surface area contributed by atoms with E-state index >= 15 is 0 Å². The normalized spacial score (nSPS) is 14.2. The highest BCUT2D eigenvalue weighted by Crippen LogP contribution is 2.28. The summed E-state index contributed by atoms with van der Waals surface area (Å²) in [7, 11) is 0. The zero-order valence-corrected chi connectivity index (χ0v) is 14.8. The number of benzene rings is 2. The summed E-state index contributed by atoms with van der Waals surface area (Å²) in [5.74, 6) is 0.912. The van der Waals surface area contributed by atoms with E-state index in [4.69, 9.17) is 4.74 Å². The van der Waals surface area contributed by atoms with Gasteiger partial charge in [0.05, 0.1) is 12.6 Å². The lowest BCUT2D eigenvalue weighted by Gasteiger charge is -2.15. The second-order valence-corrected chi connectivity index (χ2v) is 6.80. The Morgan fingerprint density at radius 2 is 2.04 bits per heavy atom. The molecule has 0 radical (unpaired) electrons. The summed E-state index contributed by atoms with van der Waals surface area (Å²) < 4.78 is 5.55. The molecule has 0 unspecified atom stereocenters. The van der Waals surface area contributed by atoms with Crippen LogP contribution in [0.1, 0.15) is 45.7 Å². The first-order valence-corrected chi connectivity index (χ1v) is 8.68. The Balaban J connectivity index is 1.56. The zero-order valence-electron chi connectivity index (χ0n) is 14.8. The number of aromatic amines is 1. The van der Waals surface area contributed by atoms with Gasteiger partial charge in [-0.15, -0.1) is 0 Å². The lowest BCUT2D eigenvalue weighted by atomic mass is 10.0. The molecule has 2 N–H and O–H groups in total. The first-order valence-electron chi connectivity index (χ1n) is 8.68. The Bertz CT molecular complexity index is 971. The van der Waals surface area contributed by atoms with E-state index in [2.05, 4.69) is 30.2 Å². The van der Waals surface area contributed by atoms with E-state index in [9.17, 15) is 4.79 Å². The highest BCUT2D eigenvalue weighted by atomic mass is 16.5. The van der Waals surface area contributed by atoms with Crippen molar-refractivity contribution in [1.29, 1.82) is 0 Å². The van der Waals surface area contributed by atoms with E-state index in [1.54, 1.807) is 0 Å². The first kappa shape index (κ1) is 15.8. The van der Waals surface area contributed by atoms with Gasteiger partial charge in [-0.1, -0.05) is 6.07 Å². The summed E-state index contributed by atoms with van der Waals surface area (Å²) in [6, 6.07) is 11.9. The van der Waals surface area contributed by atoms with E-state index in [1.807, 2.05) is 37.3 Å². The molecule has 0 bridgehead atoms. The fraction of sp³-hybridized carbons (Fsp3) is 0.286. The number of fused-ring (bicyclic) bond motifs is 2. The summed E-state index contributed by atoms with van der Waals surface area (Å²) in [5, 5.41) is 4.21. The number of ether oxygens (including phenoxy) is 1. The maximum atomic E-state index is 12.7. The van der Waals surface area contributed by atoms with Gasteiger partial charge in [-0.25, -0.2) is 0 Å². The summed E-state index contributed by atoms with van der Waals surface area (Å²) >= 11 is 0. The lowest BCUT2D eigenvalue weighted by Crippen LogP contribution is -2.26. The minimum absolute atomic E-state index is 0.0515. The number of H-pyrrole nitrogens is 1. The standard InChI is InChI=1S/C21H22N2O2/c1-12-13(2)22-19-6-4-17(11-18(12)19)21(24)23-14(3)15-5-7-20-16(10-15)8-9-25-20/h4-7,10-11,14,22H,8-9H2,1-3H3,(H,23,24)/t14-/m0/s1. The molecule has 1 aliphatic heterocycles. The fourth-order valence-electron chi connectivity index (χ4n) is 3.44. The van der Waals surface area contributed by atoms with Crippen LogP contribution in [0.4, 0.5) is 0 Å². The molecule has 1 aliphatic rings. The monoisotopic (exact) mass is 334 g/mol. The smallest absolute Gasteiger partial charge is 0.251 e. The van der Waals surface area contributed by atoms with Crippen molar-refractivity contribution in [3.63, 3.8) is 0 Å². The van der Waals surface area contributed by atoms with Gasteiger partial charge >= 0.3 is 0 Å². The highest BCUT2D eigenvalue weighted by molar-refractivity contribution is 5.99. The molecule has 0 saturated carbocycles. The van der Waals surface area contributed by atoms with Gasteiger partial charge in [-0.3, -0.25) is 4.79 Å². The molecule has 0 aliphatic carbocycles. The average Bonchev–Trinajstić information content (AvgIpc) is 3.18. The molecule has 128 valence electrons. The van der Waals surface area contributed by atoms with Crippen molar-refractivity contribution < 1.29 is 9.53 Å². The van der Waals surface area contributed by atoms with E-state index in [0.29, 0.717) is 5.56 Å². The number of nitrogens with one attached hydrogen (secondary N) is 2. The molecule has 1 atom stereocenters. The molecular weight excluding hydrogens is 312 g/mol. The maximum Gasteiger partial charge on any atom is 0.251 e. The number of carbonyl (C=O) groups excluding carboxylic acids is 1. The molecule has 4 heteroatoms. The number of amides is 1. The minimum atomic E-state index is -0.0526. The topological polar surface area (TPSA) is 54.1 Å². The van der Waals surface area contributed by atoms with Gasteiger partial charge in [0.1, 0.15) is 5.75 Å². The van der Waals surface area contributed by atoms with Crippen molar-refractivity contribution >= 4 is 16.8 Å². The molecule has 0 saturated heterocycles. The van der Waals surface area contributed by atoms with Crippen LogP contribution in [0.2, 0.25) is 0 Å². The second kappa shape index (κ2) is 5.96. The van der Waals surface area contributed by atoms with Crippen LogP contribution in [0.15, 0.2) is 36.4 Å². The van der Waals surface area contributed by atoms with Crippen molar-refractivity contribution in [3.8, 4) is 5.75 Å². The first-order chi connectivity index (χ1) is 12.0. The van der Waals surface area contributed by atoms with Gasteiger partial charge in [0.25, 0.3) is 5.91 Å². The van der Waals surface area contributed by atoms with Crippen LogP contribution in [0, 0.1) is 13.8 Å². The van der Waals surface area contributed by atoms with Gasteiger partial charge in [-0.2, -0.15) is 0 Å². The predicted octanol–water partition coefficient (Wildman–Crippen LogP) is 4.21. The number of aryl methyl sites for hydroxylation is 2. The lowest BCUT2D eigenvalue weighted by molar-refractivity contribution is 0.0940. The Morgan fingerprint density at radius 1 is 1.20 bits per heavy atom. The molecule has 0 fully saturated rings. The summed E-state index contributed by atoms with van der Waals surface area (Å²) in [5.41, 5.74) is 6.41. The van der Waals surface area contributed by atoms with Crippen molar-refractivity contribution in [2.75, 3.05) is 6.61 Å². The number of hydrogen-bond donors (Lipinski definition) is 2. The van der Waals surface area contributed by atoms with Crippen LogP contribution in [-0.2, 0) is 6.42 Å². The molecule has 1 amide bonds. The highest BCUT2D eigenvalue weighted by Gasteiger charge is 2.17. The predicted molar refractivity (Wildman–Crippen MR) is 99.3 cm³/mol. The Kier molecular flexibility index (Phi) is 3.75. The van der Waals surface area contributed by atoms with Crippen molar-refractivity contribution in [3.05, 3.63) is 64.3 Å². The van der Waals surface area contributed by atoms with Crippen molar-refractivity contribution in [1.82, 2.24) is 10.3 Å². The van der Waals surface area contributed by atoms with Gasteiger partial charge in [0, 0.05) is 28.6 Å². The molecule has 3 aromatic rings. The van der Waals surface area contributed by atoms with Gasteiger partial charge in [0.15, 0.2) is 0 Å². The Labute approximate surface area is 147 Å². The molecule has 25 heavy (non-hydrogen) atoms. The van der Waals surface area contributed by atoms with Gasteiger partial charge in [0.2, 0.25) is 0 Å². The number of aromatic nitrogens is 1. The number of hydrogen-bond acceptors (Lipinski definition) is 2. The van der Waals surface area contributed by atoms with Crippen molar-refractivity contribution in [2.45, 2.75) is 33.2 Å². The maximum absolute atomic E-state index is 12.7. The molecule has 0 spiro atoms. The van der Waals surface area contributed by atoms with Crippen LogP contribution >= 0.6 is 0 Å². The molecule has 2 aromatic carbocycles. The zero-order chi connectivity index (χ0) is 17.6. The quantitative estimate of drug-likeness (QED) is 0.754. The minimum Gasteiger partial charge on any atom is -0.493 e. The second-order valence-electron chi connectivity index (χ2n) is 6.80. The van der Waals surface area contributed by atoms with Crippen LogP contribution < -0.4 is 10.1 Å². The SMILES string of the molecule is Cc1[nH]c2ccc(C(=O)N[C@@H](C)c3ccc4c(c3)CCO4)cc2c1C. The third-order valence-corrected chi connectivity index (χ3v) is 5.13. The van der Waals surface area contributed by atoms with E-state index in [0.717, 1.165) is 40.9 Å². The molecule has 4 rings (SSSR count). The van der Waals surface area contributed by atoms with Crippen molar-refractivity contribution in [2.24, 2.45) is 0 Å². The molecule has 4 nitrogen and oxygen atoms in total. The van der Waals surface area contributed by atoms with E-state index < -0.39 is 0 Å². The van der Waals surface area contributed by atoms with E-state index in [1.165, 1.54) is 11.1 Å². The van der Waals surface area contributed by atoms with Crippen LogP contribution in [-0.4, -0.2) is 17.5 Å². The fourth-order valence-corrected chi connectivity index (χ4v) is 3.44. The van der Waals surface area contributed by atoms with Crippen LogP contribution in [0.3, 0.4) is 0 Å². The van der Waals surface area contributed by atoms with E-state index in [-0.39, 0.29) is 11.9 Å². The van der Waals surface area contributed by atoms with Gasteiger partial charge in [-0.05, 0) is 67.8 Å². The van der Waals surface area contributed by atoms with Crippen LogP contribution in [0.25, 0.3) is 10.9 Å². The Hall–Kier alpha value is -2.75. The number of carbonyl (C=O) groups is 1. The molecular formula is C21H22N2O2. The largest absolute Gasteiger partial charge is 0.493 e. The third-order valence-electron chi connectivity index (χ3n) is 5.13.